The van der Waals surface area contributed by atoms with E-state index in [9.17, 15) is 61.3 Å². The van der Waals surface area contributed by atoms with Crippen molar-refractivity contribution in [2.24, 2.45) is 0 Å². The molecule has 0 radical (unpaired) electrons. The SMILES string of the molecule is OC[C@H]1O[C@H](OCc2cc(CO[C@H]3O[C@H](CO)[C@@H](O)[C@H](O)[C@H]3O)cc(CO[C@H]3O[C@H](CO)[C@@H](O)[C@H](O)[C@H]3O)c2)[C@H](O)[C@@H](O)[C@@H]1O. The quantitative estimate of drug-likeness (QED) is 0.0997. The maximum atomic E-state index is 10.3. The summed E-state index contributed by atoms with van der Waals surface area (Å²) in [5, 5.41) is 119. The van der Waals surface area contributed by atoms with Crippen LogP contribution < -0.4 is 0 Å². The van der Waals surface area contributed by atoms with Gasteiger partial charge in [0.2, 0.25) is 0 Å². The van der Waals surface area contributed by atoms with Crippen molar-refractivity contribution in [3.8, 4) is 0 Å². The lowest BCUT2D eigenvalue weighted by Crippen LogP contribution is -2.59. The minimum Gasteiger partial charge on any atom is -0.394 e. The summed E-state index contributed by atoms with van der Waals surface area (Å²) < 4.78 is 33.0. The maximum absolute atomic E-state index is 10.3. The van der Waals surface area contributed by atoms with Crippen molar-refractivity contribution in [1.29, 1.82) is 0 Å². The van der Waals surface area contributed by atoms with E-state index < -0.39 is 112 Å². The molecule has 3 saturated heterocycles. The van der Waals surface area contributed by atoms with Crippen molar-refractivity contribution in [3.05, 3.63) is 34.9 Å². The molecule has 1 aromatic carbocycles. The van der Waals surface area contributed by atoms with Crippen molar-refractivity contribution in [1.82, 2.24) is 0 Å². The lowest BCUT2D eigenvalue weighted by atomic mass is 9.99. The van der Waals surface area contributed by atoms with Crippen molar-refractivity contribution in [2.45, 2.75) is 112 Å². The maximum Gasteiger partial charge on any atom is 0.187 e. The molecule has 15 atom stereocenters. The number of rotatable bonds is 12. The second kappa shape index (κ2) is 16.1. The Hall–Kier alpha value is -1.50. The average Bonchev–Trinajstić information content (AvgIpc) is 3.04. The van der Waals surface area contributed by atoms with Gasteiger partial charge in [0, 0.05) is 0 Å². The molecule has 18 nitrogen and oxygen atoms in total. The molecule has 0 aromatic heterocycles. The van der Waals surface area contributed by atoms with E-state index in [2.05, 4.69) is 0 Å². The number of aliphatic hydroxyl groups excluding tert-OH is 12. The smallest absolute Gasteiger partial charge is 0.187 e. The van der Waals surface area contributed by atoms with Gasteiger partial charge in [-0.3, -0.25) is 0 Å². The van der Waals surface area contributed by atoms with Crippen LogP contribution >= 0.6 is 0 Å². The van der Waals surface area contributed by atoms with Crippen LogP contribution in [-0.4, -0.2) is 173 Å². The van der Waals surface area contributed by atoms with E-state index in [0.717, 1.165) is 0 Å². The van der Waals surface area contributed by atoms with Gasteiger partial charge in [0.1, 0.15) is 73.2 Å². The molecule has 0 unspecified atom stereocenters. The molecular formula is C27H42O18. The fraction of sp³-hybridized carbons (Fsp3) is 0.778. The highest BCUT2D eigenvalue weighted by atomic mass is 16.7. The normalized spacial score (nSPS) is 42.5. The molecule has 3 aliphatic rings. The van der Waals surface area contributed by atoms with Gasteiger partial charge in [0.05, 0.1) is 39.6 Å². The van der Waals surface area contributed by atoms with E-state index in [0.29, 0.717) is 16.7 Å². The molecule has 3 heterocycles. The Kier molecular flexibility index (Phi) is 13.0. The standard InChI is InChI=1S/C27H42O18/c28-4-13-16(31)19(34)22(37)25(43-13)40-7-10-1-11(8-41-26-23(38)20(35)17(32)14(5-29)44-26)3-12(2-10)9-42-27-24(39)21(36)18(33)15(6-30)45-27/h1-3,13-39H,4-9H2/t13-,14-,15-,16-,17-,18-,19+,20+,21+,22-,23-,24-,25+,26+,27+/m1/s1. The Balaban J connectivity index is 1.50. The van der Waals surface area contributed by atoms with E-state index in [4.69, 9.17) is 28.4 Å². The highest BCUT2D eigenvalue weighted by Crippen LogP contribution is 2.27. The molecule has 0 bridgehead atoms. The van der Waals surface area contributed by atoms with Gasteiger partial charge in [-0.05, 0) is 16.7 Å². The minimum atomic E-state index is -1.67. The molecule has 12 N–H and O–H groups in total. The predicted molar refractivity (Wildman–Crippen MR) is 142 cm³/mol. The summed E-state index contributed by atoms with van der Waals surface area (Å²) in [4.78, 5) is 0. The first-order chi connectivity index (χ1) is 21.4. The zero-order chi connectivity index (χ0) is 33.0. The lowest BCUT2D eigenvalue weighted by Gasteiger charge is -2.40. The summed E-state index contributed by atoms with van der Waals surface area (Å²) in [6.45, 7) is -2.75. The van der Waals surface area contributed by atoms with Crippen LogP contribution in [0.4, 0.5) is 0 Å². The van der Waals surface area contributed by atoms with Gasteiger partial charge in [-0.25, -0.2) is 0 Å². The zero-order valence-electron chi connectivity index (χ0n) is 24.0. The third-order valence-corrected chi connectivity index (χ3v) is 7.90. The van der Waals surface area contributed by atoms with Crippen molar-refractivity contribution in [3.63, 3.8) is 0 Å². The fourth-order valence-corrected chi connectivity index (χ4v) is 5.24. The number of benzene rings is 1. The second-order valence-corrected chi connectivity index (χ2v) is 11.2. The molecule has 4 rings (SSSR count). The van der Waals surface area contributed by atoms with Crippen LogP contribution in [0.5, 0.6) is 0 Å². The third-order valence-electron chi connectivity index (χ3n) is 7.90. The van der Waals surface area contributed by atoms with Crippen molar-refractivity contribution >= 4 is 0 Å². The van der Waals surface area contributed by atoms with Crippen LogP contribution in [0, 0.1) is 0 Å². The summed E-state index contributed by atoms with van der Waals surface area (Å²) in [5.74, 6) is 0. The van der Waals surface area contributed by atoms with E-state index in [1.54, 1.807) is 18.2 Å². The van der Waals surface area contributed by atoms with Crippen molar-refractivity contribution in [2.75, 3.05) is 19.8 Å². The Labute approximate surface area is 256 Å². The van der Waals surface area contributed by atoms with Crippen LogP contribution in [0.1, 0.15) is 16.7 Å². The monoisotopic (exact) mass is 654 g/mol. The zero-order valence-corrected chi connectivity index (χ0v) is 24.0. The Morgan fingerprint density at radius 2 is 0.644 bits per heavy atom. The number of hydrogen-bond acceptors (Lipinski definition) is 18. The topological polar surface area (TPSA) is 298 Å². The highest BCUT2D eigenvalue weighted by Gasteiger charge is 2.46. The van der Waals surface area contributed by atoms with Crippen LogP contribution in [0.2, 0.25) is 0 Å². The fourth-order valence-electron chi connectivity index (χ4n) is 5.24. The Bertz CT molecular complexity index is 918. The molecule has 258 valence electrons. The van der Waals surface area contributed by atoms with Crippen LogP contribution in [-0.2, 0) is 48.2 Å². The number of hydrogen-bond donors (Lipinski definition) is 12. The Morgan fingerprint density at radius 1 is 0.400 bits per heavy atom. The summed E-state index contributed by atoms with van der Waals surface area (Å²) in [5.41, 5.74) is 1.23. The molecule has 3 fully saturated rings. The van der Waals surface area contributed by atoms with E-state index >= 15 is 0 Å². The molecule has 18 heteroatoms. The van der Waals surface area contributed by atoms with Crippen molar-refractivity contribution < 1.29 is 89.7 Å². The minimum absolute atomic E-state index is 0.260. The molecular weight excluding hydrogens is 612 g/mol. The van der Waals surface area contributed by atoms with Crippen LogP contribution in [0.3, 0.4) is 0 Å². The second-order valence-electron chi connectivity index (χ2n) is 11.2. The van der Waals surface area contributed by atoms with Crippen LogP contribution in [0.25, 0.3) is 0 Å². The molecule has 0 amide bonds. The van der Waals surface area contributed by atoms with Gasteiger partial charge < -0.3 is 89.7 Å². The largest absolute Gasteiger partial charge is 0.394 e. The molecule has 45 heavy (non-hydrogen) atoms. The van der Waals surface area contributed by atoms with E-state index in [1.807, 2.05) is 0 Å². The third kappa shape index (κ3) is 8.33. The summed E-state index contributed by atoms with van der Waals surface area (Å²) >= 11 is 0. The van der Waals surface area contributed by atoms with E-state index in [-0.39, 0.29) is 19.8 Å². The first-order valence-electron chi connectivity index (χ1n) is 14.3. The summed E-state index contributed by atoms with van der Waals surface area (Å²) in [6, 6.07) is 4.72. The molecule has 0 spiro atoms. The van der Waals surface area contributed by atoms with Gasteiger partial charge in [-0.1, -0.05) is 18.2 Å². The summed E-state index contributed by atoms with van der Waals surface area (Å²) in [7, 11) is 0. The molecule has 3 aliphatic heterocycles. The number of ether oxygens (including phenoxy) is 6. The van der Waals surface area contributed by atoms with Gasteiger partial charge >= 0.3 is 0 Å². The van der Waals surface area contributed by atoms with Crippen LogP contribution in [0.15, 0.2) is 18.2 Å². The highest BCUT2D eigenvalue weighted by molar-refractivity contribution is 5.29. The first-order valence-corrected chi connectivity index (χ1v) is 14.3. The predicted octanol–water partition coefficient (Wildman–Crippen LogP) is -6.36. The van der Waals surface area contributed by atoms with Gasteiger partial charge in [-0.2, -0.15) is 0 Å². The first kappa shape index (κ1) is 36.3. The molecule has 0 aliphatic carbocycles. The van der Waals surface area contributed by atoms with E-state index in [1.165, 1.54) is 0 Å². The molecule has 1 aromatic rings. The average molecular weight is 655 g/mol. The number of aliphatic hydroxyl groups is 12. The van der Waals surface area contributed by atoms with Gasteiger partial charge in [0.25, 0.3) is 0 Å². The lowest BCUT2D eigenvalue weighted by molar-refractivity contribution is -0.304. The Morgan fingerprint density at radius 3 is 0.867 bits per heavy atom. The summed E-state index contributed by atoms with van der Waals surface area (Å²) in [6.07, 6.45) is -22.6. The molecule has 0 saturated carbocycles. The van der Waals surface area contributed by atoms with Gasteiger partial charge in [0.15, 0.2) is 18.9 Å². The van der Waals surface area contributed by atoms with Gasteiger partial charge in [-0.15, -0.1) is 0 Å².